The van der Waals surface area contributed by atoms with Crippen LogP contribution in [0.3, 0.4) is 0 Å². The van der Waals surface area contributed by atoms with E-state index < -0.39 is 55.5 Å². The fourth-order valence-corrected chi connectivity index (χ4v) is 2.06. The van der Waals surface area contributed by atoms with Crippen molar-refractivity contribution in [1.29, 1.82) is 0 Å². The molecule has 0 spiro atoms. The molecular formula is C21H32O10. The van der Waals surface area contributed by atoms with Crippen molar-refractivity contribution < 1.29 is 48.7 Å². The second kappa shape index (κ2) is 12.9. The summed E-state index contributed by atoms with van der Waals surface area (Å²) < 4.78 is 20.8. The van der Waals surface area contributed by atoms with Crippen LogP contribution in [-0.2, 0) is 33.3 Å². The number of hydrogen-bond acceptors (Lipinski definition) is 10. The monoisotopic (exact) mass is 444 g/mol. The van der Waals surface area contributed by atoms with Crippen LogP contribution < -0.4 is 0 Å². The molecule has 0 aromatic carbocycles. The fraction of sp³-hybridized carbons (Fsp3) is 0.571. The maximum atomic E-state index is 12.7. The maximum absolute atomic E-state index is 12.7. The van der Waals surface area contributed by atoms with Crippen LogP contribution in [0.4, 0.5) is 0 Å². The predicted octanol–water partition coefficient (Wildman–Crippen LogP) is 0.758. The van der Waals surface area contributed by atoms with Crippen LogP contribution in [0.1, 0.15) is 34.1 Å². The van der Waals surface area contributed by atoms with E-state index >= 15 is 0 Å². The van der Waals surface area contributed by atoms with Crippen LogP contribution in [0.25, 0.3) is 0 Å². The molecule has 10 nitrogen and oxygen atoms in total. The quantitative estimate of drug-likeness (QED) is 0.115. The minimum atomic E-state index is -2.61. The van der Waals surface area contributed by atoms with E-state index in [1.807, 2.05) is 6.92 Å². The second-order valence-corrected chi connectivity index (χ2v) is 7.10. The first-order valence-electron chi connectivity index (χ1n) is 9.51. The Hall–Kier alpha value is -2.69. The molecule has 31 heavy (non-hydrogen) atoms. The Bertz CT molecular complexity index is 697. The van der Waals surface area contributed by atoms with Crippen molar-refractivity contribution in [2.45, 2.75) is 39.9 Å². The Morgan fingerprint density at radius 3 is 1.77 bits per heavy atom. The number of esters is 3. The fourth-order valence-electron chi connectivity index (χ4n) is 2.06. The van der Waals surface area contributed by atoms with Crippen molar-refractivity contribution in [1.82, 2.24) is 0 Å². The third-order valence-corrected chi connectivity index (χ3v) is 4.23. The lowest BCUT2D eigenvalue weighted by Crippen LogP contribution is -2.63. The number of rotatable bonds is 14. The first-order valence-corrected chi connectivity index (χ1v) is 9.51. The molecule has 0 heterocycles. The predicted molar refractivity (Wildman–Crippen MR) is 109 cm³/mol. The molecule has 0 aromatic rings. The molecule has 0 aliphatic carbocycles. The molecule has 0 fully saturated rings. The molecular weight excluding hydrogens is 412 g/mol. The van der Waals surface area contributed by atoms with Crippen LogP contribution in [-0.4, -0.2) is 72.0 Å². The van der Waals surface area contributed by atoms with Crippen molar-refractivity contribution >= 4 is 17.9 Å². The van der Waals surface area contributed by atoms with E-state index in [0.29, 0.717) is 13.0 Å². The van der Waals surface area contributed by atoms with Gasteiger partial charge in [0, 0.05) is 11.1 Å². The summed E-state index contributed by atoms with van der Waals surface area (Å²) in [4.78, 5) is 37.0. The highest BCUT2D eigenvalue weighted by Crippen LogP contribution is 2.38. The molecule has 10 heteroatoms. The first kappa shape index (κ1) is 28.3. The van der Waals surface area contributed by atoms with Gasteiger partial charge in [0.2, 0.25) is 0 Å². The van der Waals surface area contributed by atoms with Crippen LogP contribution in [0.15, 0.2) is 36.1 Å². The lowest BCUT2D eigenvalue weighted by atomic mass is 9.81. The Morgan fingerprint density at radius 1 is 0.871 bits per heavy atom. The minimum absolute atomic E-state index is 0.0157. The highest BCUT2D eigenvalue weighted by molar-refractivity contribution is 5.90. The van der Waals surface area contributed by atoms with Crippen molar-refractivity contribution in [2.24, 2.45) is 5.41 Å². The summed E-state index contributed by atoms with van der Waals surface area (Å²) in [6.45, 7) is 9.08. The van der Waals surface area contributed by atoms with E-state index in [4.69, 9.17) is 18.9 Å². The SMILES string of the molecule is C=C(C)C(=O)OCC(OC(=O)C(=C)C)(OC(=O)/C(C)=C/OCCC)C(CO)(CO)CO. The van der Waals surface area contributed by atoms with Gasteiger partial charge in [-0.1, -0.05) is 20.1 Å². The van der Waals surface area contributed by atoms with Gasteiger partial charge >= 0.3 is 23.7 Å². The number of aliphatic hydroxyl groups excluding tert-OH is 3. The zero-order valence-electron chi connectivity index (χ0n) is 18.4. The Kier molecular flexibility index (Phi) is 11.8. The van der Waals surface area contributed by atoms with E-state index in [1.165, 1.54) is 20.8 Å². The molecule has 0 aliphatic heterocycles. The smallest absolute Gasteiger partial charge is 0.340 e. The van der Waals surface area contributed by atoms with Gasteiger partial charge in [-0.3, -0.25) is 0 Å². The zero-order valence-corrected chi connectivity index (χ0v) is 18.4. The number of carbonyl (C=O) groups excluding carboxylic acids is 3. The molecule has 1 atom stereocenters. The normalized spacial score (nSPS) is 13.6. The zero-order chi connectivity index (χ0) is 24.2. The van der Waals surface area contributed by atoms with Crippen LogP contribution in [0.5, 0.6) is 0 Å². The van der Waals surface area contributed by atoms with E-state index in [-0.39, 0.29) is 16.7 Å². The minimum Gasteiger partial charge on any atom is -0.501 e. The molecule has 0 radical (unpaired) electrons. The van der Waals surface area contributed by atoms with Crippen LogP contribution in [0, 0.1) is 5.41 Å². The molecule has 1 unspecified atom stereocenters. The third-order valence-electron chi connectivity index (χ3n) is 4.23. The average Bonchev–Trinajstić information content (AvgIpc) is 2.73. The highest BCUT2D eigenvalue weighted by atomic mass is 16.8. The van der Waals surface area contributed by atoms with Gasteiger partial charge in [0.1, 0.15) is 5.41 Å². The topological polar surface area (TPSA) is 149 Å². The number of ether oxygens (including phenoxy) is 4. The van der Waals surface area contributed by atoms with E-state index in [0.717, 1.165) is 6.26 Å². The van der Waals surface area contributed by atoms with Gasteiger partial charge in [0.15, 0.2) is 6.61 Å². The van der Waals surface area contributed by atoms with Crippen molar-refractivity contribution in [2.75, 3.05) is 33.0 Å². The third kappa shape index (κ3) is 7.50. The molecule has 3 N–H and O–H groups in total. The van der Waals surface area contributed by atoms with Crippen LogP contribution in [0.2, 0.25) is 0 Å². The molecule has 0 aliphatic rings. The number of aliphatic hydroxyl groups is 3. The Labute approximate surface area is 181 Å². The van der Waals surface area contributed by atoms with E-state index in [9.17, 15) is 29.7 Å². The van der Waals surface area contributed by atoms with Crippen LogP contribution >= 0.6 is 0 Å². The van der Waals surface area contributed by atoms with Gasteiger partial charge in [-0.25, -0.2) is 14.4 Å². The number of carbonyl (C=O) groups is 3. The van der Waals surface area contributed by atoms with Gasteiger partial charge in [-0.05, 0) is 27.2 Å². The molecule has 0 saturated heterocycles. The largest absolute Gasteiger partial charge is 0.501 e. The summed E-state index contributed by atoms with van der Waals surface area (Å²) in [7, 11) is 0. The van der Waals surface area contributed by atoms with E-state index in [2.05, 4.69) is 13.2 Å². The summed E-state index contributed by atoms with van der Waals surface area (Å²) in [5.74, 6) is -5.68. The van der Waals surface area contributed by atoms with Crippen molar-refractivity contribution in [3.05, 3.63) is 36.1 Å². The Morgan fingerprint density at radius 2 is 1.35 bits per heavy atom. The summed E-state index contributed by atoms with van der Waals surface area (Å²) in [5, 5.41) is 29.8. The highest BCUT2D eigenvalue weighted by Gasteiger charge is 2.59. The van der Waals surface area contributed by atoms with Gasteiger partial charge in [0.05, 0.1) is 38.3 Å². The summed E-state index contributed by atoms with van der Waals surface area (Å²) in [6, 6.07) is 0. The number of hydrogen-bond donors (Lipinski definition) is 3. The molecule has 0 amide bonds. The molecule has 0 rings (SSSR count). The lowest BCUT2D eigenvalue weighted by Gasteiger charge is -2.44. The first-order chi connectivity index (χ1) is 14.5. The van der Waals surface area contributed by atoms with Gasteiger partial charge in [-0.15, -0.1) is 0 Å². The molecule has 0 aromatic heterocycles. The molecule has 176 valence electrons. The van der Waals surface area contributed by atoms with Crippen molar-refractivity contribution in [3.8, 4) is 0 Å². The average molecular weight is 444 g/mol. The van der Waals surface area contributed by atoms with Crippen molar-refractivity contribution in [3.63, 3.8) is 0 Å². The summed E-state index contributed by atoms with van der Waals surface area (Å²) >= 11 is 0. The molecule has 0 bridgehead atoms. The summed E-state index contributed by atoms with van der Waals surface area (Å²) in [5.41, 5.74) is -2.34. The van der Waals surface area contributed by atoms with Gasteiger partial charge in [-0.2, -0.15) is 0 Å². The second-order valence-electron chi connectivity index (χ2n) is 7.10. The van der Waals surface area contributed by atoms with E-state index in [1.54, 1.807) is 0 Å². The van der Waals surface area contributed by atoms with Gasteiger partial charge in [0.25, 0.3) is 0 Å². The maximum Gasteiger partial charge on any atom is 0.340 e. The standard InChI is InChI=1S/C21H32O10/c1-7-8-28-9-16(6)19(27)31-21(30-18(26)15(4)5,13-29-17(25)14(2)3)20(10-22,11-23)12-24/h9,22-24H,2,4,7-8,10-13H2,1,3,5-6H3/b16-9+. The Balaban J connectivity index is 6.42. The lowest BCUT2D eigenvalue weighted by molar-refractivity contribution is -0.303. The van der Waals surface area contributed by atoms with Gasteiger partial charge < -0.3 is 34.3 Å². The molecule has 0 saturated carbocycles. The summed E-state index contributed by atoms with van der Waals surface area (Å²) in [6.07, 6.45) is 1.80.